The minimum atomic E-state index is -0.681. The van der Waals surface area contributed by atoms with Gasteiger partial charge in [-0.05, 0) is 25.3 Å². The second kappa shape index (κ2) is 7.21. The van der Waals surface area contributed by atoms with Gasteiger partial charge in [-0.1, -0.05) is 13.8 Å². The summed E-state index contributed by atoms with van der Waals surface area (Å²) in [7, 11) is 0. The van der Waals surface area contributed by atoms with Crippen LogP contribution in [-0.2, 0) is 9.53 Å². The third-order valence-corrected chi connectivity index (χ3v) is 3.89. The maximum absolute atomic E-state index is 11.8. The molecule has 0 saturated heterocycles. The summed E-state index contributed by atoms with van der Waals surface area (Å²) in [5, 5.41) is 2.95. The van der Waals surface area contributed by atoms with Crippen LogP contribution in [0.4, 0.5) is 5.00 Å². The van der Waals surface area contributed by atoms with Crippen LogP contribution in [0.15, 0.2) is 0 Å². The lowest BCUT2D eigenvalue weighted by atomic mass is 10.1. The van der Waals surface area contributed by atoms with E-state index in [1.165, 1.54) is 0 Å². The van der Waals surface area contributed by atoms with E-state index in [0.29, 0.717) is 17.0 Å². The zero-order valence-electron chi connectivity index (χ0n) is 12.6. The SMILES string of the molecule is CCOC(=O)c1sc(NC(=O)CC(C)C)c(C(N)=O)c1C. The van der Waals surface area contributed by atoms with Crippen LogP contribution < -0.4 is 11.1 Å². The molecule has 1 heterocycles. The van der Waals surface area contributed by atoms with Gasteiger partial charge in [-0.2, -0.15) is 0 Å². The number of primary amides is 1. The third-order valence-electron chi connectivity index (χ3n) is 2.70. The monoisotopic (exact) mass is 312 g/mol. The fourth-order valence-electron chi connectivity index (χ4n) is 1.84. The molecule has 0 unspecified atom stereocenters. The predicted octanol–water partition coefficient (Wildman–Crippen LogP) is 2.32. The van der Waals surface area contributed by atoms with Crippen molar-refractivity contribution in [3.05, 3.63) is 16.0 Å². The first-order valence-corrected chi connectivity index (χ1v) is 7.49. The van der Waals surface area contributed by atoms with Crippen LogP contribution in [-0.4, -0.2) is 24.4 Å². The molecule has 1 aromatic heterocycles. The van der Waals surface area contributed by atoms with Crippen LogP contribution in [0, 0.1) is 12.8 Å². The third kappa shape index (κ3) is 4.29. The number of thiophene rings is 1. The van der Waals surface area contributed by atoms with E-state index in [-0.39, 0.29) is 28.9 Å². The van der Waals surface area contributed by atoms with Crippen LogP contribution in [0.3, 0.4) is 0 Å². The summed E-state index contributed by atoms with van der Waals surface area (Å²) in [4.78, 5) is 35.5. The summed E-state index contributed by atoms with van der Waals surface area (Å²) in [6.45, 7) is 7.37. The van der Waals surface area contributed by atoms with Gasteiger partial charge in [-0.3, -0.25) is 9.59 Å². The second-order valence-electron chi connectivity index (χ2n) is 4.99. The first-order chi connectivity index (χ1) is 9.77. The molecule has 21 heavy (non-hydrogen) atoms. The van der Waals surface area contributed by atoms with E-state index in [0.717, 1.165) is 11.3 Å². The highest BCUT2D eigenvalue weighted by atomic mass is 32.1. The Bertz CT molecular complexity index is 564. The fraction of sp³-hybridized carbons (Fsp3) is 0.500. The fourth-order valence-corrected chi connectivity index (χ4v) is 2.96. The average molecular weight is 312 g/mol. The number of esters is 1. The summed E-state index contributed by atoms with van der Waals surface area (Å²) in [5.74, 6) is -1.23. The normalized spacial score (nSPS) is 10.5. The van der Waals surface area contributed by atoms with Crippen LogP contribution >= 0.6 is 11.3 Å². The Morgan fingerprint density at radius 2 is 1.95 bits per heavy atom. The molecule has 0 atom stereocenters. The minimum absolute atomic E-state index is 0.167. The van der Waals surface area contributed by atoms with Crippen molar-refractivity contribution in [1.82, 2.24) is 0 Å². The topological polar surface area (TPSA) is 98.5 Å². The van der Waals surface area contributed by atoms with Crippen molar-refractivity contribution in [2.45, 2.75) is 34.1 Å². The van der Waals surface area contributed by atoms with Crippen molar-refractivity contribution < 1.29 is 19.1 Å². The lowest BCUT2D eigenvalue weighted by molar-refractivity contribution is -0.116. The smallest absolute Gasteiger partial charge is 0.348 e. The molecular weight excluding hydrogens is 292 g/mol. The number of nitrogens with two attached hydrogens (primary N) is 1. The van der Waals surface area contributed by atoms with Gasteiger partial charge in [0.25, 0.3) is 5.91 Å². The van der Waals surface area contributed by atoms with Gasteiger partial charge in [0.2, 0.25) is 5.91 Å². The maximum Gasteiger partial charge on any atom is 0.348 e. The van der Waals surface area contributed by atoms with Crippen molar-refractivity contribution in [3.63, 3.8) is 0 Å². The van der Waals surface area contributed by atoms with E-state index in [1.807, 2.05) is 13.8 Å². The van der Waals surface area contributed by atoms with Crippen molar-refractivity contribution in [1.29, 1.82) is 0 Å². The van der Waals surface area contributed by atoms with Crippen LogP contribution in [0.5, 0.6) is 0 Å². The van der Waals surface area contributed by atoms with Crippen LogP contribution in [0.25, 0.3) is 0 Å². The molecule has 0 aliphatic rings. The highest BCUT2D eigenvalue weighted by Crippen LogP contribution is 2.33. The molecule has 116 valence electrons. The van der Waals surface area contributed by atoms with Crippen molar-refractivity contribution in [2.75, 3.05) is 11.9 Å². The largest absolute Gasteiger partial charge is 0.462 e. The lowest BCUT2D eigenvalue weighted by Gasteiger charge is -2.06. The Kier molecular flexibility index (Phi) is 5.90. The van der Waals surface area contributed by atoms with E-state index >= 15 is 0 Å². The van der Waals surface area contributed by atoms with Gasteiger partial charge in [0.05, 0.1) is 12.2 Å². The number of rotatable bonds is 6. The van der Waals surface area contributed by atoms with Gasteiger partial charge in [0, 0.05) is 6.42 Å². The second-order valence-corrected chi connectivity index (χ2v) is 6.01. The highest BCUT2D eigenvalue weighted by Gasteiger charge is 2.25. The Balaban J connectivity index is 3.13. The number of carbonyl (C=O) groups is 3. The highest BCUT2D eigenvalue weighted by molar-refractivity contribution is 7.18. The van der Waals surface area contributed by atoms with E-state index in [4.69, 9.17) is 10.5 Å². The van der Waals surface area contributed by atoms with E-state index in [9.17, 15) is 14.4 Å². The summed E-state index contributed by atoms with van der Waals surface area (Å²) in [6.07, 6.45) is 0.323. The number of ether oxygens (including phenoxy) is 1. The Morgan fingerprint density at radius 3 is 2.43 bits per heavy atom. The molecule has 0 fully saturated rings. The number of hydrogen-bond donors (Lipinski definition) is 2. The number of amides is 2. The molecule has 1 aromatic rings. The predicted molar refractivity (Wildman–Crippen MR) is 81.6 cm³/mol. The number of hydrogen-bond acceptors (Lipinski definition) is 5. The zero-order valence-corrected chi connectivity index (χ0v) is 13.4. The van der Waals surface area contributed by atoms with Gasteiger partial charge >= 0.3 is 5.97 Å². The lowest BCUT2D eigenvalue weighted by Crippen LogP contribution is -2.18. The van der Waals surface area contributed by atoms with Crippen molar-refractivity contribution >= 4 is 34.1 Å². The number of nitrogens with one attached hydrogen (secondary N) is 1. The van der Waals surface area contributed by atoms with Gasteiger partial charge in [-0.15, -0.1) is 11.3 Å². The quantitative estimate of drug-likeness (QED) is 0.787. The van der Waals surface area contributed by atoms with Crippen molar-refractivity contribution in [2.24, 2.45) is 11.7 Å². The van der Waals surface area contributed by atoms with E-state index < -0.39 is 11.9 Å². The Morgan fingerprint density at radius 1 is 1.33 bits per heavy atom. The number of anilines is 1. The molecule has 0 saturated carbocycles. The van der Waals surface area contributed by atoms with E-state index in [2.05, 4.69) is 5.32 Å². The molecule has 0 aromatic carbocycles. The molecule has 0 aliphatic carbocycles. The first-order valence-electron chi connectivity index (χ1n) is 6.68. The molecule has 0 bridgehead atoms. The molecule has 0 spiro atoms. The Hall–Kier alpha value is -1.89. The van der Waals surface area contributed by atoms with Gasteiger partial charge in [0.1, 0.15) is 9.88 Å². The van der Waals surface area contributed by atoms with Crippen LogP contribution in [0.1, 0.15) is 52.8 Å². The molecule has 7 heteroatoms. The Labute approximate surface area is 127 Å². The van der Waals surface area contributed by atoms with E-state index in [1.54, 1.807) is 13.8 Å². The molecule has 0 aliphatic heterocycles. The zero-order chi connectivity index (χ0) is 16.2. The number of carbonyl (C=O) groups excluding carboxylic acids is 3. The summed E-state index contributed by atoms with van der Waals surface area (Å²) in [5.41, 5.74) is 5.95. The summed E-state index contributed by atoms with van der Waals surface area (Å²) < 4.78 is 4.93. The van der Waals surface area contributed by atoms with Gasteiger partial charge < -0.3 is 15.8 Å². The minimum Gasteiger partial charge on any atom is -0.462 e. The molecule has 2 amide bonds. The standard InChI is InChI=1S/C14H20N2O4S/c1-5-20-14(19)11-8(4)10(12(15)18)13(21-11)16-9(17)6-7(2)3/h7H,5-6H2,1-4H3,(H2,15,18)(H,16,17). The average Bonchev–Trinajstić information content (AvgIpc) is 2.65. The first kappa shape index (κ1) is 17.2. The van der Waals surface area contributed by atoms with Gasteiger partial charge in [-0.25, -0.2) is 4.79 Å². The molecule has 6 nitrogen and oxygen atoms in total. The van der Waals surface area contributed by atoms with Crippen LogP contribution in [0.2, 0.25) is 0 Å². The molecular formula is C14H20N2O4S. The molecule has 0 radical (unpaired) electrons. The summed E-state index contributed by atoms with van der Waals surface area (Å²) in [6, 6.07) is 0. The maximum atomic E-state index is 11.8. The van der Waals surface area contributed by atoms with Gasteiger partial charge in [0.15, 0.2) is 0 Å². The van der Waals surface area contributed by atoms with Crippen molar-refractivity contribution in [3.8, 4) is 0 Å². The molecule has 3 N–H and O–H groups in total. The molecule has 1 rings (SSSR count). The summed E-state index contributed by atoms with van der Waals surface area (Å²) >= 11 is 1.01.